The van der Waals surface area contributed by atoms with Crippen LogP contribution in [0.15, 0.2) is 71.8 Å². The van der Waals surface area contributed by atoms with Crippen molar-refractivity contribution in [2.24, 2.45) is 0 Å². The number of carbonyl (C=O) groups excluding carboxylic acids is 1. The lowest BCUT2D eigenvalue weighted by Crippen LogP contribution is -2.17. The molecule has 0 atom stereocenters. The zero-order valence-corrected chi connectivity index (χ0v) is 20.8. The van der Waals surface area contributed by atoms with E-state index in [4.69, 9.17) is 9.47 Å². The number of aromatic carboxylic acids is 1. The maximum absolute atomic E-state index is 12.4. The number of carbonyl (C=O) groups is 2. The summed E-state index contributed by atoms with van der Waals surface area (Å²) in [6.07, 6.45) is 8.39. The molecule has 0 radical (unpaired) electrons. The van der Waals surface area contributed by atoms with E-state index in [1.807, 2.05) is 24.3 Å². The first-order chi connectivity index (χ1) is 17.6. The summed E-state index contributed by atoms with van der Waals surface area (Å²) in [6, 6.07) is 17.6. The van der Waals surface area contributed by atoms with Crippen molar-refractivity contribution in [1.82, 2.24) is 4.98 Å². The fourth-order valence-electron chi connectivity index (χ4n) is 4.07. The molecule has 1 amide bonds. The first-order valence-corrected chi connectivity index (χ1v) is 13.1. The Hall–Kier alpha value is -3.36. The van der Waals surface area contributed by atoms with Gasteiger partial charge in [0.15, 0.2) is 0 Å². The van der Waals surface area contributed by atoms with Crippen molar-refractivity contribution in [1.29, 1.82) is 0 Å². The van der Waals surface area contributed by atoms with Crippen LogP contribution in [0.2, 0.25) is 0 Å². The van der Waals surface area contributed by atoms with Gasteiger partial charge in [-0.25, -0.2) is 9.78 Å². The minimum atomic E-state index is -1.09. The number of anilines is 1. The molecule has 1 aliphatic carbocycles. The summed E-state index contributed by atoms with van der Waals surface area (Å²) < 4.78 is 11.8. The topological polar surface area (TPSA) is 97.8 Å². The number of ether oxygens (including phenoxy) is 2. The standard InChI is InChI=1S/C28H30N2O5S/c31-26(30-25-9-5-4-8-24(25)28(32)33)18-20-10-15-27(29-19-20)35-22-11-13-23(14-12-22)36-17-16-34-21-6-2-1-3-7-21/h4-5,8-15,19,21H,1-3,6-7,16-18H2,(H,30,31)(H,32,33). The predicted molar refractivity (Wildman–Crippen MR) is 140 cm³/mol. The average Bonchev–Trinajstić information content (AvgIpc) is 2.89. The van der Waals surface area contributed by atoms with Crippen molar-refractivity contribution >= 4 is 29.3 Å². The molecule has 36 heavy (non-hydrogen) atoms. The molecule has 0 bridgehead atoms. The molecule has 2 N–H and O–H groups in total. The molecule has 0 unspecified atom stereocenters. The van der Waals surface area contributed by atoms with E-state index in [1.165, 1.54) is 38.2 Å². The maximum atomic E-state index is 12.4. The monoisotopic (exact) mass is 506 g/mol. The third-order valence-electron chi connectivity index (χ3n) is 5.90. The number of amides is 1. The highest BCUT2D eigenvalue weighted by Crippen LogP contribution is 2.25. The van der Waals surface area contributed by atoms with Crippen LogP contribution in [0.3, 0.4) is 0 Å². The Morgan fingerprint density at radius 3 is 2.50 bits per heavy atom. The number of thioether (sulfide) groups is 1. The molecule has 1 saturated carbocycles. The Labute approximate surface area is 215 Å². The zero-order chi connectivity index (χ0) is 25.2. The van der Waals surface area contributed by atoms with Crippen LogP contribution < -0.4 is 10.1 Å². The van der Waals surface area contributed by atoms with Gasteiger partial charge in [0, 0.05) is 22.9 Å². The first-order valence-electron chi connectivity index (χ1n) is 12.2. The Balaban J connectivity index is 1.21. The molecule has 1 fully saturated rings. The number of hydrogen-bond acceptors (Lipinski definition) is 6. The summed E-state index contributed by atoms with van der Waals surface area (Å²) in [6.45, 7) is 0.772. The van der Waals surface area contributed by atoms with Crippen LogP contribution in [-0.2, 0) is 16.0 Å². The van der Waals surface area contributed by atoms with E-state index in [-0.39, 0.29) is 23.6 Å². The van der Waals surface area contributed by atoms with E-state index in [9.17, 15) is 14.7 Å². The van der Waals surface area contributed by atoms with Gasteiger partial charge < -0.3 is 19.9 Å². The molecule has 0 saturated heterocycles. The lowest BCUT2D eigenvalue weighted by atomic mass is 9.98. The van der Waals surface area contributed by atoms with E-state index in [0.29, 0.717) is 23.3 Å². The van der Waals surface area contributed by atoms with Crippen molar-refractivity contribution in [3.8, 4) is 11.6 Å². The number of hydrogen-bond donors (Lipinski definition) is 2. The van der Waals surface area contributed by atoms with Gasteiger partial charge in [0.25, 0.3) is 0 Å². The molecule has 8 heteroatoms. The van der Waals surface area contributed by atoms with E-state index < -0.39 is 5.97 Å². The van der Waals surface area contributed by atoms with Crippen LogP contribution in [0.5, 0.6) is 11.6 Å². The van der Waals surface area contributed by atoms with Gasteiger partial charge in [-0.1, -0.05) is 37.5 Å². The number of rotatable bonds is 11. The zero-order valence-electron chi connectivity index (χ0n) is 20.0. The quantitative estimate of drug-likeness (QED) is 0.236. The second-order valence-electron chi connectivity index (χ2n) is 8.63. The Morgan fingerprint density at radius 2 is 1.78 bits per heavy atom. The van der Waals surface area contributed by atoms with Gasteiger partial charge in [0.1, 0.15) is 5.75 Å². The molecule has 1 aromatic heterocycles. The molecule has 3 aromatic rings. The highest BCUT2D eigenvalue weighted by Gasteiger charge is 2.14. The molecule has 4 rings (SSSR count). The van der Waals surface area contributed by atoms with Crippen LogP contribution in [0.25, 0.3) is 0 Å². The molecule has 1 aliphatic rings. The van der Waals surface area contributed by atoms with Gasteiger partial charge in [0.05, 0.1) is 30.4 Å². The van der Waals surface area contributed by atoms with E-state index in [2.05, 4.69) is 10.3 Å². The number of pyridine rings is 1. The minimum Gasteiger partial charge on any atom is -0.478 e. The average molecular weight is 507 g/mol. The third-order valence-corrected chi connectivity index (χ3v) is 6.87. The van der Waals surface area contributed by atoms with Gasteiger partial charge in [-0.2, -0.15) is 0 Å². The lowest BCUT2D eigenvalue weighted by Gasteiger charge is -2.21. The number of benzene rings is 2. The number of nitrogens with zero attached hydrogens (tertiary/aromatic N) is 1. The van der Waals surface area contributed by atoms with E-state index >= 15 is 0 Å². The number of para-hydroxylation sites is 1. The number of carboxylic acid groups (broad SMARTS) is 1. The summed E-state index contributed by atoms with van der Waals surface area (Å²) in [5.41, 5.74) is 1.00. The van der Waals surface area contributed by atoms with Crippen molar-refractivity contribution in [2.45, 2.75) is 49.5 Å². The van der Waals surface area contributed by atoms with E-state index in [1.54, 1.807) is 48.3 Å². The van der Waals surface area contributed by atoms with Gasteiger partial charge in [-0.3, -0.25) is 4.79 Å². The number of carboxylic acids is 1. The summed E-state index contributed by atoms with van der Waals surface area (Å²) >= 11 is 1.77. The molecule has 0 spiro atoms. The van der Waals surface area contributed by atoms with Crippen LogP contribution in [0.1, 0.15) is 48.0 Å². The van der Waals surface area contributed by atoms with Crippen molar-refractivity contribution < 1.29 is 24.2 Å². The maximum Gasteiger partial charge on any atom is 0.337 e. The molecule has 1 heterocycles. The van der Waals surface area contributed by atoms with Crippen LogP contribution in [-0.4, -0.2) is 40.4 Å². The van der Waals surface area contributed by atoms with Crippen LogP contribution in [0, 0.1) is 0 Å². The molecule has 0 aliphatic heterocycles. The second-order valence-corrected chi connectivity index (χ2v) is 9.80. The molecule has 7 nitrogen and oxygen atoms in total. The van der Waals surface area contributed by atoms with Crippen molar-refractivity contribution in [3.63, 3.8) is 0 Å². The smallest absolute Gasteiger partial charge is 0.337 e. The normalized spacial score (nSPS) is 13.8. The molecular formula is C28H30N2O5S. The number of nitrogens with one attached hydrogen (secondary N) is 1. The summed E-state index contributed by atoms with van der Waals surface area (Å²) in [5.74, 6) is 0.619. The van der Waals surface area contributed by atoms with Crippen LogP contribution in [0.4, 0.5) is 5.69 Å². The third kappa shape index (κ3) is 7.83. The minimum absolute atomic E-state index is 0.0462. The van der Waals surface area contributed by atoms with Crippen molar-refractivity contribution in [2.75, 3.05) is 17.7 Å². The fraction of sp³-hybridized carbons (Fsp3) is 0.321. The number of aromatic nitrogens is 1. The Kier molecular flexibility index (Phi) is 9.35. The summed E-state index contributed by atoms with van der Waals surface area (Å²) in [4.78, 5) is 29.1. The molecule has 2 aromatic carbocycles. The SMILES string of the molecule is O=C(Cc1ccc(Oc2ccc(SCCOC3CCCCC3)cc2)nc1)Nc1ccccc1C(=O)O. The highest BCUT2D eigenvalue weighted by atomic mass is 32.2. The lowest BCUT2D eigenvalue weighted by molar-refractivity contribution is -0.115. The molecular weight excluding hydrogens is 476 g/mol. The van der Waals surface area contributed by atoms with Gasteiger partial charge in [-0.05, 0) is 54.8 Å². The Bertz CT molecular complexity index is 1150. The van der Waals surface area contributed by atoms with Gasteiger partial charge in [0.2, 0.25) is 11.8 Å². The summed E-state index contributed by atoms with van der Waals surface area (Å²) in [5, 5.41) is 11.9. The fourth-order valence-corrected chi connectivity index (χ4v) is 4.81. The first kappa shape index (κ1) is 25.7. The predicted octanol–water partition coefficient (Wildman–Crippen LogP) is 6.19. The van der Waals surface area contributed by atoms with Crippen molar-refractivity contribution in [3.05, 3.63) is 78.0 Å². The largest absolute Gasteiger partial charge is 0.478 e. The van der Waals surface area contributed by atoms with Gasteiger partial charge >= 0.3 is 5.97 Å². The Morgan fingerprint density at radius 1 is 1.00 bits per heavy atom. The summed E-state index contributed by atoms with van der Waals surface area (Å²) in [7, 11) is 0. The second kappa shape index (κ2) is 13.1. The van der Waals surface area contributed by atoms with E-state index in [0.717, 1.165) is 17.3 Å². The van der Waals surface area contributed by atoms with Crippen LogP contribution >= 0.6 is 11.8 Å². The molecule has 188 valence electrons. The van der Waals surface area contributed by atoms with Gasteiger partial charge in [-0.15, -0.1) is 11.8 Å². The highest BCUT2D eigenvalue weighted by molar-refractivity contribution is 7.99.